The van der Waals surface area contributed by atoms with Crippen LogP contribution in [0.3, 0.4) is 0 Å². The van der Waals surface area contributed by atoms with Gasteiger partial charge in [0.2, 0.25) is 0 Å². The molecule has 1 aromatic heterocycles. The average Bonchev–Trinajstić information content (AvgIpc) is 2.78. The summed E-state index contributed by atoms with van der Waals surface area (Å²) >= 11 is 0. The molecule has 0 saturated carbocycles. The molecule has 0 bridgehead atoms. The Morgan fingerprint density at radius 1 is 1.25 bits per heavy atom. The maximum Gasteiger partial charge on any atom is 0.352 e. The lowest BCUT2D eigenvalue weighted by Gasteiger charge is -2.07. The van der Waals surface area contributed by atoms with Gasteiger partial charge in [-0.2, -0.15) is 0 Å². The molecule has 16 heavy (non-hydrogen) atoms. The first-order valence-corrected chi connectivity index (χ1v) is 4.77. The highest BCUT2D eigenvalue weighted by Gasteiger charge is 2.09. The van der Waals surface area contributed by atoms with Crippen LogP contribution < -0.4 is 4.74 Å². The Morgan fingerprint density at radius 3 is 2.50 bits per heavy atom. The molecule has 0 atom stereocenters. The molecule has 0 unspecified atom stereocenters. The minimum atomic E-state index is -0.944. The topological polar surface area (TPSA) is 51.5 Å². The van der Waals surface area contributed by atoms with Gasteiger partial charge < -0.3 is 14.4 Å². The van der Waals surface area contributed by atoms with Crippen molar-refractivity contribution in [2.75, 3.05) is 7.11 Å². The minimum absolute atomic E-state index is 0.241. The molecule has 1 N–H and O–H groups in total. The van der Waals surface area contributed by atoms with Crippen molar-refractivity contribution in [3.8, 4) is 11.4 Å². The van der Waals surface area contributed by atoms with E-state index < -0.39 is 5.97 Å². The number of aromatic nitrogens is 1. The van der Waals surface area contributed by atoms with Crippen LogP contribution in [0.1, 0.15) is 10.5 Å². The number of carboxylic acids is 1. The quantitative estimate of drug-likeness (QED) is 0.857. The van der Waals surface area contributed by atoms with E-state index in [4.69, 9.17) is 9.84 Å². The van der Waals surface area contributed by atoms with Crippen LogP contribution in [0.5, 0.6) is 5.75 Å². The van der Waals surface area contributed by atoms with Crippen LogP contribution in [0.15, 0.2) is 42.6 Å². The Kier molecular flexibility index (Phi) is 2.64. The van der Waals surface area contributed by atoms with Crippen molar-refractivity contribution in [2.24, 2.45) is 0 Å². The molecule has 82 valence electrons. The van der Waals surface area contributed by atoms with E-state index in [1.54, 1.807) is 42.1 Å². The average molecular weight is 217 g/mol. The van der Waals surface area contributed by atoms with Crippen molar-refractivity contribution in [3.05, 3.63) is 48.3 Å². The third-order valence-electron chi connectivity index (χ3n) is 2.32. The normalized spacial score (nSPS) is 10.1. The Bertz CT molecular complexity index is 499. The highest BCUT2D eigenvalue weighted by molar-refractivity contribution is 5.86. The van der Waals surface area contributed by atoms with E-state index in [1.165, 1.54) is 0 Å². The molecule has 0 aliphatic heterocycles. The van der Waals surface area contributed by atoms with E-state index in [0.29, 0.717) is 0 Å². The summed E-state index contributed by atoms with van der Waals surface area (Å²) in [5.41, 5.74) is 1.04. The van der Waals surface area contributed by atoms with Gasteiger partial charge in [-0.05, 0) is 36.4 Å². The minimum Gasteiger partial charge on any atom is -0.497 e. The van der Waals surface area contributed by atoms with Crippen LogP contribution in [0.4, 0.5) is 0 Å². The van der Waals surface area contributed by atoms with E-state index in [9.17, 15) is 4.79 Å². The number of methoxy groups -OCH3 is 1. The fourth-order valence-electron chi connectivity index (χ4n) is 1.52. The summed E-state index contributed by atoms with van der Waals surface area (Å²) in [7, 11) is 1.59. The molecule has 2 rings (SSSR count). The maximum absolute atomic E-state index is 10.9. The van der Waals surface area contributed by atoms with Crippen molar-refractivity contribution in [1.82, 2.24) is 4.57 Å². The van der Waals surface area contributed by atoms with Gasteiger partial charge in [-0.25, -0.2) is 4.79 Å². The zero-order valence-corrected chi connectivity index (χ0v) is 8.75. The summed E-state index contributed by atoms with van der Waals surface area (Å²) in [5.74, 6) is -0.200. The molecule has 4 heteroatoms. The van der Waals surface area contributed by atoms with Crippen LogP contribution in [0.25, 0.3) is 5.69 Å². The number of hydrogen-bond acceptors (Lipinski definition) is 2. The predicted molar refractivity (Wildman–Crippen MR) is 59.3 cm³/mol. The summed E-state index contributed by atoms with van der Waals surface area (Å²) in [6.07, 6.45) is 1.71. The highest BCUT2D eigenvalue weighted by Crippen LogP contribution is 2.17. The van der Waals surface area contributed by atoms with Gasteiger partial charge in [0.05, 0.1) is 7.11 Å². The van der Waals surface area contributed by atoms with Crippen molar-refractivity contribution in [1.29, 1.82) is 0 Å². The van der Waals surface area contributed by atoms with Crippen molar-refractivity contribution in [3.63, 3.8) is 0 Å². The SMILES string of the molecule is COc1ccc(-n2cccc2C(=O)O)cc1. The number of carboxylic acid groups (broad SMARTS) is 1. The standard InChI is InChI=1S/C12H11NO3/c1-16-10-6-4-9(5-7-10)13-8-2-3-11(13)12(14)15/h2-8H,1H3,(H,14,15). The van der Waals surface area contributed by atoms with Crippen molar-refractivity contribution < 1.29 is 14.6 Å². The predicted octanol–water partition coefficient (Wildman–Crippen LogP) is 2.18. The number of nitrogens with zero attached hydrogens (tertiary/aromatic N) is 1. The second-order valence-electron chi connectivity index (χ2n) is 3.27. The number of carbonyl (C=O) groups is 1. The first-order valence-electron chi connectivity index (χ1n) is 4.77. The zero-order chi connectivity index (χ0) is 11.5. The lowest BCUT2D eigenvalue weighted by molar-refractivity contribution is 0.0688. The number of benzene rings is 1. The Morgan fingerprint density at radius 2 is 1.94 bits per heavy atom. The van der Waals surface area contributed by atoms with Gasteiger partial charge in [0, 0.05) is 11.9 Å². The van der Waals surface area contributed by atoms with Crippen LogP contribution in [0, 0.1) is 0 Å². The van der Waals surface area contributed by atoms with E-state index >= 15 is 0 Å². The number of aromatic carboxylic acids is 1. The van der Waals surface area contributed by atoms with Gasteiger partial charge in [-0.15, -0.1) is 0 Å². The summed E-state index contributed by atoms with van der Waals surface area (Å²) in [6, 6.07) is 10.5. The van der Waals surface area contributed by atoms with E-state index in [-0.39, 0.29) is 5.69 Å². The molecule has 1 aromatic carbocycles. The first-order chi connectivity index (χ1) is 7.72. The second-order valence-corrected chi connectivity index (χ2v) is 3.27. The molecular formula is C12H11NO3. The largest absolute Gasteiger partial charge is 0.497 e. The first kappa shape index (κ1) is 10.3. The fourth-order valence-corrected chi connectivity index (χ4v) is 1.52. The Hall–Kier alpha value is -2.23. The molecule has 0 amide bonds. The van der Waals surface area contributed by atoms with Gasteiger partial charge in [0.1, 0.15) is 11.4 Å². The summed E-state index contributed by atoms with van der Waals surface area (Å²) in [5, 5.41) is 8.97. The lowest BCUT2D eigenvalue weighted by atomic mass is 10.3. The molecule has 0 aliphatic carbocycles. The number of ether oxygens (including phenoxy) is 1. The van der Waals surface area contributed by atoms with Gasteiger partial charge >= 0.3 is 5.97 Å². The van der Waals surface area contributed by atoms with Crippen LogP contribution in [-0.4, -0.2) is 22.8 Å². The molecule has 4 nitrogen and oxygen atoms in total. The third-order valence-corrected chi connectivity index (χ3v) is 2.32. The third kappa shape index (κ3) is 1.77. The Labute approximate surface area is 92.7 Å². The van der Waals surface area contributed by atoms with Crippen LogP contribution >= 0.6 is 0 Å². The molecule has 2 aromatic rings. The molecular weight excluding hydrogens is 206 g/mol. The molecule has 0 radical (unpaired) electrons. The number of hydrogen-bond donors (Lipinski definition) is 1. The summed E-state index contributed by atoms with van der Waals surface area (Å²) < 4.78 is 6.65. The molecule has 0 fully saturated rings. The molecule has 0 saturated heterocycles. The maximum atomic E-state index is 10.9. The summed E-state index contributed by atoms with van der Waals surface area (Å²) in [4.78, 5) is 10.9. The van der Waals surface area contributed by atoms with Crippen molar-refractivity contribution in [2.45, 2.75) is 0 Å². The van der Waals surface area contributed by atoms with E-state index in [1.807, 2.05) is 12.1 Å². The van der Waals surface area contributed by atoms with E-state index in [2.05, 4.69) is 0 Å². The molecule has 0 spiro atoms. The van der Waals surface area contributed by atoms with Gasteiger partial charge in [-0.1, -0.05) is 0 Å². The lowest BCUT2D eigenvalue weighted by Crippen LogP contribution is -2.05. The highest BCUT2D eigenvalue weighted by atomic mass is 16.5. The smallest absolute Gasteiger partial charge is 0.352 e. The monoisotopic (exact) mass is 217 g/mol. The summed E-state index contributed by atoms with van der Waals surface area (Å²) in [6.45, 7) is 0. The van der Waals surface area contributed by atoms with Crippen LogP contribution in [-0.2, 0) is 0 Å². The van der Waals surface area contributed by atoms with E-state index in [0.717, 1.165) is 11.4 Å². The fraction of sp³-hybridized carbons (Fsp3) is 0.0833. The van der Waals surface area contributed by atoms with Crippen LogP contribution in [0.2, 0.25) is 0 Å². The second kappa shape index (κ2) is 4.10. The number of rotatable bonds is 3. The zero-order valence-electron chi connectivity index (χ0n) is 8.75. The van der Waals surface area contributed by atoms with Gasteiger partial charge in [-0.3, -0.25) is 0 Å². The van der Waals surface area contributed by atoms with Crippen molar-refractivity contribution >= 4 is 5.97 Å². The van der Waals surface area contributed by atoms with Gasteiger partial charge in [0.15, 0.2) is 0 Å². The molecule has 0 aliphatic rings. The van der Waals surface area contributed by atoms with Gasteiger partial charge in [0.25, 0.3) is 0 Å². The Balaban J connectivity index is 2.42. The molecule has 1 heterocycles.